The number of carbonyl (C=O) groups is 1. The van der Waals surface area contributed by atoms with Crippen LogP contribution in [0.25, 0.3) is 0 Å². The highest BCUT2D eigenvalue weighted by Crippen LogP contribution is 2.07. The molecular formula is C12H17N3O3. The summed E-state index contributed by atoms with van der Waals surface area (Å²) in [5.74, 6) is -0.220. The molecule has 0 spiro atoms. The number of hydrogen-bond donors (Lipinski definition) is 2. The number of nitrogens with one attached hydrogen (secondary N) is 1. The van der Waals surface area contributed by atoms with E-state index in [1.165, 1.54) is 18.5 Å². The van der Waals surface area contributed by atoms with Gasteiger partial charge in [0.05, 0.1) is 25.0 Å². The van der Waals surface area contributed by atoms with Gasteiger partial charge in [0, 0.05) is 32.4 Å². The van der Waals surface area contributed by atoms with E-state index in [2.05, 4.69) is 15.2 Å². The Kier molecular flexibility index (Phi) is 4.49. The summed E-state index contributed by atoms with van der Waals surface area (Å²) < 4.78 is 5.24. The van der Waals surface area contributed by atoms with Crippen LogP contribution in [0.2, 0.25) is 0 Å². The van der Waals surface area contributed by atoms with Crippen LogP contribution in [-0.2, 0) is 4.74 Å². The van der Waals surface area contributed by atoms with E-state index in [1.54, 1.807) is 0 Å². The number of ether oxygens (including phenoxy) is 1. The molecule has 2 heterocycles. The van der Waals surface area contributed by atoms with Gasteiger partial charge in [0.15, 0.2) is 0 Å². The van der Waals surface area contributed by atoms with Crippen LogP contribution in [0.3, 0.4) is 0 Å². The predicted molar refractivity (Wildman–Crippen MR) is 65.5 cm³/mol. The van der Waals surface area contributed by atoms with Gasteiger partial charge in [-0.1, -0.05) is 0 Å². The molecule has 2 rings (SSSR count). The molecule has 0 radical (unpaired) electrons. The molecule has 0 saturated carbocycles. The normalized spacial score (nSPS) is 16.4. The lowest BCUT2D eigenvalue weighted by atomic mass is 10.2. The molecule has 6 heteroatoms. The molecule has 1 aromatic heterocycles. The van der Waals surface area contributed by atoms with Gasteiger partial charge in [-0.25, -0.2) is 0 Å². The Labute approximate surface area is 106 Å². The van der Waals surface area contributed by atoms with E-state index >= 15 is 0 Å². The molecule has 2 N–H and O–H groups in total. The summed E-state index contributed by atoms with van der Waals surface area (Å²) in [6.07, 6.45) is 2.73. The van der Waals surface area contributed by atoms with Crippen molar-refractivity contribution in [3.05, 3.63) is 24.0 Å². The SMILES string of the molecule is O=C(NCCN1CCOCC1)c1cncc(O)c1. The molecule has 0 aromatic carbocycles. The van der Waals surface area contributed by atoms with Crippen molar-refractivity contribution in [2.24, 2.45) is 0 Å². The van der Waals surface area contributed by atoms with E-state index in [9.17, 15) is 9.90 Å². The number of amides is 1. The molecule has 1 amide bonds. The second-order valence-electron chi connectivity index (χ2n) is 4.14. The average Bonchev–Trinajstić information content (AvgIpc) is 2.40. The lowest BCUT2D eigenvalue weighted by molar-refractivity contribution is 0.0383. The van der Waals surface area contributed by atoms with Gasteiger partial charge < -0.3 is 15.2 Å². The zero-order valence-corrected chi connectivity index (χ0v) is 10.1. The number of morpholine rings is 1. The Hall–Kier alpha value is -1.66. The number of rotatable bonds is 4. The van der Waals surface area contributed by atoms with Crippen molar-refractivity contribution < 1.29 is 14.6 Å². The van der Waals surface area contributed by atoms with E-state index in [4.69, 9.17) is 4.74 Å². The number of pyridine rings is 1. The van der Waals surface area contributed by atoms with Gasteiger partial charge in [-0.3, -0.25) is 14.7 Å². The van der Waals surface area contributed by atoms with Crippen LogP contribution in [0.4, 0.5) is 0 Å². The highest BCUT2D eigenvalue weighted by molar-refractivity contribution is 5.94. The lowest BCUT2D eigenvalue weighted by Gasteiger charge is -2.26. The Morgan fingerprint density at radius 1 is 1.44 bits per heavy atom. The van der Waals surface area contributed by atoms with Gasteiger partial charge in [0.1, 0.15) is 5.75 Å². The molecule has 1 aliphatic heterocycles. The predicted octanol–water partition coefficient (Wildman–Crippen LogP) is -0.151. The van der Waals surface area contributed by atoms with Crippen LogP contribution >= 0.6 is 0 Å². The number of aromatic nitrogens is 1. The summed E-state index contributed by atoms with van der Waals surface area (Å²) in [4.78, 5) is 17.7. The van der Waals surface area contributed by atoms with E-state index in [1.807, 2.05) is 0 Å². The topological polar surface area (TPSA) is 74.7 Å². The summed E-state index contributed by atoms with van der Waals surface area (Å²) in [5.41, 5.74) is 0.372. The van der Waals surface area contributed by atoms with Crippen molar-refractivity contribution in [3.8, 4) is 5.75 Å². The minimum atomic E-state index is -0.216. The minimum Gasteiger partial charge on any atom is -0.506 e. The molecule has 1 fully saturated rings. The summed E-state index contributed by atoms with van der Waals surface area (Å²) in [6.45, 7) is 4.71. The van der Waals surface area contributed by atoms with E-state index < -0.39 is 0 Å². The third-order valence-corrected chi connectivity index (χ3v) is 2.80. The number of carbonyl (C=O) groups excluding carboxylic acids is 1. The van der Waals surface area contributed by atoms with Gasteiger partial charge >= 0.3 is 0 Å². The zero-order chi connectivity index (χ0) is 12.8. The number of hydrogen-bond acceptors (Lipinski definition) is 5. The molecule has 0 atom stereocenters. The molecule has 98 valence electrons. The first kappa shape index (κ1) is 12.8. The first-order valence-electron chi connectivity index (χ1n) is 5.98. The van der Waals surface area contributed by atoms with Gasteiger partial charge in [0.25, 0.3) is 5.91 Å². The van der Waals surface area contributed by atoms with Crippen molar-refractivity contribution >= 4 is 5.91 Å². The third-order valence-electron chi connectivity index (χ3n) is 2.80. The Balaban J connectivity index is 1.74. The Morgan fingerprint density at radius 2 is 2.22 bits per heavy atom. The van der Waals surface area contributed by atoms with Gasteiger partial charge in [-0.2, -0.15) is 0 Å². The quantitative estimate of drug-likeness (QED) is 0.778. The average molecular weight is 251 g/mol. The maximum atomic E-state index is 11.7. The van der Waals surface area contributed by atoms with Crippen LogP contribution in [-0.4, -0.2) is 60.3 Å². The van der Waals surface area contributed by atoms with Gasteiger partial charge in [-0.15, -0.1) is 0 Å². The fourth-order valence-corrected chi connectivity index (χ4v) is 1.81. The Bertz CT molecular complexity index is 405. The summed E-state index contributed by atoms with van der Waals surface area (Å²) in [6, 6.07) is 1.40. The molecule has 18 heavy (non-hydrogen) atoms. The standard InChI is InChI=1S/C12H17N3O3/c16-11-7-10(8-13-9-11)12(17)14-1-2-15-3-5-18-6-4-15/h7-9,16H,1-6H2,(H,14,17). The number of aromatic hydroxyl groups is 1. The molecule has 0 bridgehead atoms. The molecule has 0 aliphatic carbocycles. The van der Waals surface area contributed by atoms with Crippen molar-refractivity contribution in [2.45, 2.75) is 0 Å². The second kappa shape index (κ2) is 6.32. The zero-order valence-electron chi connectivity index (χ0n) is 10.1. The summed E-state index contributed by atoms with van der Waals surface area (Å²) >= 11 is 0. The van der Waals surface area contributed by atoms with Crippen LogP contribution in [0.5, 0.6) is 5.75 Å². The highest BCUT2D eigenvalue weighted by Gasteiger charge is 2.11. The molecule has 6 nitrogen and oxygen atoms in total. The van der Waals surface area contributed by atoms with Gasteiger partial charge in [-0.05, 0) is 6.07 Å². The number of nitrogens with zero attached hydrogens (tertiary/aromatic N) is 2. The lowest BCUT2D eigenvalue weighted by Crippen LogP contribution is -2.41. The van der Waals surface area contributed by atoms with Crippen LogP contribution in [0, 0.1) is 0 Å². The molecule has 1 saturated heterocycles. The summed E-state index contributed by atoms with van der Waals surface area (Å²) in [7, 11) is 0. The second-order valence-corrected chi connectivity index (χ2v) is 4.14. The molecule has 0 unspecified atom stereocenters. The fourth-order valence-electron chi connectivity index (χ4n) is 1.81. The first-order chi connectivity index (χ1) is 8.75. The van der Waals surface area contributed by atoms with Crippen LogP contribution < -0.4 is 5.32 Å². The Morgan fingerprint density at radius 3 is 2.94 bits per heavy atom. The summed E-state index contributed by atoms with van der Waals surface area (Å²) in [5, 5.41) is 12.0. The maximum absolute atomic E-state index is 11.7. The largest absolute Gasteiger partial charge is 0.506 e. The molecule has 1 aliphatic rings. The van der Waals surface area contributed by atoms with E-state index in [0.29, 0.717) is 12.1 Å². The van der Waals surface area contributed by atoms with E-state index in [-0.39, 0.29) is 11.7 Å². The van der Waals surface area contributed by atoms with Crippen molar-refractivity contribution in [1.29, 1.82) is 0 Å². The fraction of sp³-hybridized carbons (Fsp3) is 0.500. The van der Waals surface area contributed by atoms with Crippen LogP contribution in [0.1, 0.15) is 10.4 Å². The van der Waals surface area contributed by atoms with Gasteiger partial charge in [0.2, 0.25) is 0 Å². The van der Waals surface area contributed by atoms with E-state index in [0.717, 1.165) is 32.8 Å². The highest BCUT2D eigenvalue weighted by atomic mass is 16.5. The molecular weight excluding hydrogens is 234 g/mol. The minimum absolute atomic E-state index is 0.00386. The molecule has 1 aromatic rings. The van der Waals surface area contributed by atoms with Crippen molar-refractivity contribution in [1.82, 2.24) is 15.2 Å². The van der Waals surface area contributed by atoms with Crippen molar-refractivity contribution in [3.63, 3.8) is 0 Å². The monoisotopic (exact) mass is 251 g/mol. The van der Waals surface area contributed by atoms with Crippen molar-refractivity contribution in [2.75, 3.05) is 39.4 Å². The van der Waals surface area contributed by atoms with Crippen LogP contribution in [0.15, 0.2) is 18.5 Å². The smallest absolute Gasteiger partial charge is 0.253 e. The maximum Gasteiger partial charge on any atom is 0.253 e. The first-order valence-corrected chi connectivity index (χ1v) is 5.98. The third kappa shape index (κ3) is 3.68.